The highest BCUT2D eigenvalue weighted by molar-refractivity contribution is 5.97. The molecule has 16 heavy (non-hydrogen) atoms. The number of aromatic nitrogens is 2. The standard InChI is InChI=1S/C13H22N2O/c1-5-10(6-2)8-13(16)11-9-15(4)14-12(11)7-3/h9-10H,5-8H2,1-4H3. The lowest BCUT2D eigenvalue weighted by Gasteiger charge is -2.10. The number of carbonyl (C=O) groups is 1. The molecule has 0 bridgehead atoms. The number of hydrogen-bond acceptors (Lipinski definition) is 2. The number of carbonyl (C=O) groups excluding carboxylic acids is 1. The van der Waals surface area contributed by atoms with Crippen LogP contribution in [-0.2, 0) is 13.5 Å². The van der Waals surface area contributed by atoms with Gasteiger partial charge >= 0.3 is 0 Å². The molecule has 3 heteroatoms. The lowest BCUT2D eigenvalue weighted by molar-refractivity contribution is 0.0958. The van der Waals surface area contributed by atoms with E-state index in [2.05, 4.69) is 18.9 Å². The van der Waals surface area contributed by atoms with Crippen molar-refractivity contribution in [2.75, 3.05) is 0 Å². The molecule has 0 aliphatic carbocycles. The second-order valence-corrected chi connectivity index (χ2v) is 4.33. The van der Waals surface area contributed by atoms with Crippen molar-refractivity contribution in [3.8, 4) is 0 Å². The van der Waals surface area contributed by atoms with E-state index in [-0.39, 0.29) is 5.78 Å². The number of hydrogen-bond donors (Lipinski definition) is 0. The molecule has 0 aliphatic heterocycles. The maximum Gasteiger partial charge on any atom is 0.166 e. The van der Waals surface area contributed by atoms with Gasteiger partial charge in [0.2, 0.25) is 0 Å². The fraction of sp³-hybridized carbons (Fsp3) is 0.692. The van der Waals surface area contributed by atoms with Gasteiger partial charge in [-0.2, -0.15) is 5.10 Å². The largest absolute Gasteiger partial charge is 0.294 e. The fourth-order valence-corrected chi connectivity index (χ4v) is 1.98. The third kappa shape index (κ3) is 2.94. The molecule has 0 spiro atoms. The van der Waals surface area contributed by atoms with E-state index in [1.807, 2.05) is 20.2 Å². The number of Topliss-reactive ketones (excluding diaryl/α,β-unsaturated/α-hetero) is 1. The maximum atomic E-state index is 12.1. The Labute approximate surface area is 97.8 Å². The van der Waals surface area contributed by atoms with Gasteiger partial charge in [0.15, 0.2) is 5.78 Å². The lowest BCUT2D eigenvalue weighted by atomic mass is 9.94. The molecular formula is C13H22N2O. The summed E-state index contributed by atoms with van der Waals surface area (Å²) in [4.78, 5) is 12.1. The predicted molar refractivity (Wildman–Crippen MR) is 65.6 cm³/mol. The summed E-state index contributed by atoms with van der Waals surface area (Å²) in [5, 5.41) is 4.30. The third-order valence-electron chi connectivity index (χ3n) is 3.17. The fourth-order valence-electron chi connectivity index (χ4n) is 1.98. The monoisotopic (exact) mass is 222 g/mol. The first-order valence-electron chi connectivity index (χ1n) is 6.17. The summed E-state index contributed by atoms with van der Waals surface area (Å²) in [5.41, 5.74) is 1.75. The maximum absolute atomic E-state index is 12.1. The van der Waals surface area contributed by atoms with Crippen LogP contribution in [0.4, 0.5) is 0 Å². The van der Waals surface area contributed by atoms with Crippen LogP contribution in [0.2, 0.25) is 0 Å². The first-order valence-corrected chi connectivity index (χ1v) is 6.17. The Morgan fingerprint density at radius 2 is 2.00 bits per heavy atom. The SMILES string of the molecule is CCc1nn(C)cc1C(=O)CC(CC)CC. The van der Waals surface area contributed by atoms with E-state index in [0.29, 0.717) is 12.3 Å². The van der Waals surface area contributed by atoms with E-state index in [9.17, 15) is 4.79 Å². The van der Waals surface area contributed by atoms with E-state index in [1.165, 1.54) is 0 Å². The Hall–Kier alpha value is -1.12. The van der Waals surface area contributed by atoms with Crippen molar-refractivity contribution in [3.63, 3.8) is 0 Å². The molecular weight excluding hydrogens is 200 g/mol. The van der Waals surface area contributed by atoms with Crippen LogP contribution >= 0.6 is 0 Å². The quantitative estimate of drug-likeness (QED) is 0.693. The minimum Gasteiger partial charge on any atom is -0.294 e. The Morgan fingerprint density at radius 3 is 2.50 bits per heavy atom. The van der Waals surface area contributed by atoms with Crippen LogP contribution in [0.25, 0.3) is 0 Å². The summed E-state index contributed by atoms with van der Waals surface area (Å²) in [5.74, 6) is 0.760. The van der Waals surface area contributed by atoms with E-state index in [1.54, 1.807) is 4.68 Å². The molecule has 0 N–H and O–H groups in total. The smallest absolute Gasteiger partial charge is 0.166 e. The Morgan fingerprint density at radius 1 is 1.38 bits per heavy atom. The van der Waals surface area contributed by atoms with Crippen LogP contribution in [0.5, 0.6) is 0 Å². The van der Waals surface area contributed by atoms with Gasteiger partial charge in [-0.3, -0.25) is 9.48 Å². The molecule has 0 saturated heterocycles. The van der Waals surface area contributed by atoms with Crippen LogP contribution in [0.1, 0.15) is 56.1 Å². The Kier molecular flexibility index (Phi) is 4.71. The highest BCUT2D eigenvalue weighted by atomic mass is 16.1. The van der Waals surface area contributed by atoms with Crippen LogP contribution < -0.4 is 0 Å². The van der Waals surface area contributed by atoms with Gasteiger partial charge in [-0.1, -0.05) is 33.6 Å². The van der Waals surface area contributed by atoms with Crippen molar-refractivity contribution in [1.29, 1.82) is 0 Å². The average molecular weight is 222 g/mol. The zero-order valence-electron chi connectivity index (χ0n) is 10.8. The molecule has 1 rings (SSSR count). The second kappa shape index (κ2) is 5.83. The molecule has 1 aromatic heterocycles. The van der Waals surface area contributed by atoms with Gasteiger partial charge < -0.3 is 0 Å². The topological polar surface area (TPSA) is 34.9 Å². The van der Waals surface area contributed by atoms with Gasteiger partial charge in [-0.25, -0.2) is 0 Å². The van der Waals surface area contributed by atoms with Crippen LogP contribution in [0.15, 0.2) is 6.20 Å². The molecule has 3 nitrogen and oxygen atoms in total. The van der Waals surface area contributed by atoms with Crippen molar-refractivity contribution in [1.82, 2.24) is 9.78 Å². The summed E-state index contributed by atoms with van der Waals surface area (Å²) >= 11 is 0. The highest BCUT2D eigenvalue weighted by Gasteiger charge is 2.17. The number of nitrogens with zero attached hydrogens (tertiary/aromatic N) is 2. The van der Waals surface area contributed by atoms with Crippen molar-refractivity contribution >= 4 is 5.78 Å². The lowest BCUT2D eigenvalue weighted by Crippen LogP contribution is -2.08. The van der Waals surface area contributed by atoms with Crippen LogP contribution in [0, 0.1) is 5.92 Å². The molecule has 0 aliphatic rings. The predicted octanol–water partition coefficient (Wildman–Crippen LogP) is 2.99. The molecule has 0 amide bonds. The molecule has 0 unspecified atom stereocenters. The zero-order valence-corrected chi connectivity index (χ0v) is 10.8. The second-order valence-electron chi connectivity index (χ2n) is 4.33. The summed E-state index contributed by atoms with van der Waals surface area (Å²) < 4.78 is 1.74. The Bertz CT molecular complexity index is 351. The van der Waals surface area contributed by atoms with Crippen LogP contribution in [0.3, 0.4) is 0 Å². The van der Waals surface area contributed by atoms with E-state index < -0.39 is 0 Å². The summed E-state index contributed by atoms with van der Waals surface area (Å²) in [6.45, 7) is 6.33. The first-order chi connectivity index (χ1) is 7.62. The van der Waals surface area contributed by atoms with Gasteiger partial charge in [0.25, 0.3) is 0 Å². The summed E-state index contributed by atoms with van der Waals surface area (Å²) in [7, 11) is 1.87. The highest BCUT2D eigenvalue weighted by Crippen LogP contribution is 2.18. The average Bonchev–Trinajstić information content (AvgIpc) is 2.67. The zero-order chi connectivity index (χ0) is 12.1. The summed E-state index contributed by atoms with van der Waals surface area (Å²) in [6.07, 6.45) is 5.48. The Balaban J connectivity index is 2.79. The molecule has 0 radical (unpaired) electrons. The molecule has 0 fully saturated rings. The first kappa shape index (κ1) is 12.9. The van der Waals surface area contributed by atoms with E-state index in [0.717, 1.165) is 30.5 Å². The van der Waals surface area contributed by atoms with Crippen LogP contribution in [-0.4, -0.2) is 15.6 Å². The van der Waals surface area contributed by atoms with Gasteiger partial charge in [0, 0.05) is 19.7 Å². The van der Waals surface area contributed by atoms with Gasteiger partial charge in [-0.15, -0.1) is 0 Å². The van der Waals surface area contributed by atoms with Gasteiger partial charge in [-0.05, 0) is 12.3 Å². The molecule has 0 aromatic carbocycles. The number of aryl methyl sites for hydroxylation is 2. The summed E-state index contributed by atoms with van der Waals surface area (Å²) in [6, 6.07) is 0. The van der Waals surface area contributed by atoms with E-state index in [4.69, 9.17) is 0 Å². The van der Waals surface area contributed by atoms with Crippen molar-refractivity contribution in [2.45, 2.75) is 46.5 Å². The van der Waals surface area contributed by atoms with Crippen molar-refractivity contribution in [3.05, 3.63) is 17.5 Å². The molecule has 1 aromatic rings. The number of ketones is 1. The minimum atomic E-state index is 0.249. The van der Waals surface area contributed by atoms with Crippen molar-refractivity contribution in [2.24, 2.45) is 13.0 Å². The van der Waals surface area contributed by atoms with E-state index >= 15 is 0 Å². The number of rotatable bonds is 6. The molecule has 0 atom stereocenters. The molecule has 0 saturated carbocycles. The third-order valence-corrected chi connectivity index (χ3v) is 3.17. The minimum absolute atomic E-state index is 0.249. The van der Waals surface area contributed by atoms with Crippen molar-refractivity contribution < 1.29 is 4.79 Å². The molecule has 1 heterocycles. The molecule has 90 valence electrons. The van der Waals surface area contributed by atoms with Gasteiger partial charge in [0.1, 0.15) is 0 Å². The van der Waals surface area contributed by atoms with Gasteiger partial charge in [0.05, 0.1) is 11.3 Å². The normalized spacial score (nSPS) is 11.1.